The van der Waals surface area contributed by atoms with Crippen LogP contribution in [0.25, 0.3) is 0 Å². The molecule has 4 nitrogen and oxygen atoms in total. The fourth-order valence-electron chi connectivity index (χ4n) is 2.25. The van der Waals surface area contributed by atoms with E-state index in [2.05, 4.69) is 10.6 Å². The molecule has 0 spiro atoms. The lowest BCUT2D eigenvalue weighted by atomic mass is 10.1. The van der Waals surface area contributed by atoms with Gasteiger partial charge in [-0.1, -0.05) is 54.1 Å². The van der Waals surface area contributed by atoms with Gasteiger partial charge in [0.15, 0.2) is 0 Å². The molecule has 2 aromatic rings. The number of halogens is 1. The molecule has 0 saturated heterocycles. The molecule has 0 aromatic heterocycles. The van der Waals surface area contributed by atoms with Crippen LogP contribution in [0.4, 0.5) is 0 Å². The second kappa shape index (κ2) is 10.2. The second-order valence-corrected chi connectivity index (χ2v) is 5.93. The molecule has 25 heavy (non-hydrogen) atoms. The average molecular weight is 354 g/mol. The predicted octanol–water partition coefficient (Wildman–Crippen LogP) is 3.24. The van der Waals surface area contributed by atoms with Crippen molar-refractivity contribution in [2.75, 3.05) is 13.1 Å². The van der Waals surface area contributed by atoms with Crippen LogP contribution in [-0.2, 0) is 17.6 Å². The Labute approximate surface area is 153 Å². The minimum atomic E-state index is -0.363. The number of nitriles is 1. The molecule has 0 heterocycles. The molecule has 5 heteroatoms. The summed E-state index contributed by atoms with van der Waals surface area (Å²) in [5.74, 6) is -0.363. The van der Waals surface area contributed by atoms with E-state index in [1.54, 1.807) is 0 Å². The summed E-state index contributed by atoms with van der Waals surface area (Å²) in [4.78, 5) is 12.0. The minimum Gasteiger partial charge on any atom is -0.389 e. The van der Waals surface area contributed by atoms with Crippen molar-refractivity contribution in [2.45, 2.75) is 12.8 Å². The van der Waals surface area contributed by atoms with Crippen molar-refractivity contribution in [1.29, 1.82) is 5.26 Å². The van der Waals surface area contributed by atoms with Crippen molar-refractivity contribution in [3.8, 4) is 6.07 Å². The maximum atomic E-state index is 12.0. The molecule has 2 aromatic carbocycles. The normalized spacial score (nSPS) is 10.8. The van der Waals surface area contributed by atoms with E-state index in [9.17, 15) is 4.79 Å². The van der Waals surface area contributed by atoms with E-state index >= 15 is 0 Å². The molecule has 2 rings (SSSR count). The summed E-state index contributed by atoms with van der Waals surface area (Å²) in [5, 5.41) is 15.6. The number of carbonyl (C=O) groups is 1. The highest BCUT2D eigenvalue weighted by Gasteiger charge is 2.07. The van der Waals surface area contributed by atoms with Crippen LogP contribution in [0.15, 0.2) is 66.4 Å². The van der Waals surface area contributed by atoms with E-state index in [1.807, 2.05) is 60.7 Å². The fourth-order valence-corrected chi connectivity index (χ4v) is 2.38. The van der Waals surface area contributed by atoms with Gasteiger partial charge in [0, 0.05) is 24.3 Å². The number of amides is 1. The first-order valence-corrected chi connectivity index (χ1v) is 8.47. The van der Waals surface area contributed by atoms with Gasteiger partial charge < -0.3 is 10.6 Å². The Balaban J connectivity index is 1.73. The van der Waals surface area contributed by atoms with Crippen LogP contribution in [0, 0.1) is 11.3 Å². The summed E-state index contributed by atoms with van der Waals surface area (Å²) in [5.41, 5.74) is 2.35. The predicted molar refractivity (Wildman–Crippen MR) is 100 cm³/mol. The lowest BCUT2D eigenvalue weighted by Gasteiger charge is -2.06. The van der Waals surface area contributed by atoms with Gasteiger partial charge in [0.05, 0.1) is 0 Å². The molecule has 0 aliphatic heterocycles. The lowest BCUT2D eigenvalue weighted by Crippen LogP contribution is -2.27. The second-order valence-electron chi connectivity index (χ2n) is 5.49. The first kappa shape index (κ1) is 18.6. The Hall–Kier alpha value is -2.77. The van der Waals surface area contributed by atoms with Crippen molar-refractivity contribution in [1.82, 2.24) is 10.6 Å². The molecule has 1 amide bonds. The summed E-state index contributed by atoms with van der Waals surface area (Å²) in [6.07, 6.45) is 2.98. The summed E-state index contributed by atoms with van der Waals surface area (Å²) >= 11 is 5.84. The zero-order valence-electron chi connectivity index (χ0n) is 13.8. The maximum absolute atomic E-state index is 12.0. The first-order chi connectivity index (χ1) is 12.2. The first-order valence-electron chi connectivity index (χ1n) is 8.09. The van der Waals surface area contributed by atoms with E-state index in [0.29, 0.717) is 18.1 Å². The van der Waals surface area contributed by atoms with E-state index in [1.165, 1.54) is 6.20 Å². The van der Waals surface area contributed by atoms with Gasteiger partial charge in [-0.15, -0.1) is 0 Å². The van der Waals surface area contributed by atoms with Crippen molar-refractivity contribution in [3.05, 3.63) is 82.5 Å². The van der Waals surface area contributed by atoms with E-state index in [0.717, 1.165) is 24.0 Å². The van der Waals surface area contributed by atoms with Crippen LogP contribution in [-0.4, -0.2) is 19.0 Å². The van der Waals surface area contributed by atoms with Crippen LogP contribution >= 0.6 is 11.6 Å². The fraction of sp³-hybridized carbons (Fsp3) is 0.200. The van der Waals surface area contributed by atoms with Gasteiger partial charge in [0.25, 0.3) is 5.91 Å². The molecule has 128 valence electrons. The number of rotatable bonds is 8. The molecular weight excluding hydrogens is 334 g/mol. The highest BCUT2D eigenvalue weighted by atomic mass is 35.5. The minimum absolute atomic E-state index is 0.0733. The summed E-state index contributed by atoms with van der Waals surface area (Å²) in [6, 6.07) is 19.4. The Morgan fingerprint density at radius 3 is 2.32 bits per heavy atom. The standard InChI is InChI=1S/C20H20ClN3O/c21-19-8-6-17(7-9-19)10-12-23-15-18(14-22)20(25)24-13-11-16-4-2-1-3-5-16/h1-9,15,23H,10-13H2,(H,24,25)/b18-15-. The quantitative estimate of drug-likeness (QED) is 0.435. The molecule has 0 bridgehead atoms. The van der Waals surface area contributed by atoms with Gasteiger partial charge in [-0.3, -0.25) is 4.79 Å². The highest BCUT2D eigenvalue weighted by molar-refractivity contribution is 6.30. The van der Waals surface area contributed by atoms with Gasteiger partial charge >= 0.3 is 0 Å². The largest absolute Gasteiger partial charge is 0.389 e. The summed E-state index contributed by atoms with van der Waals surface area (Å²) in [6.45, 7) is 1.12. The van der Waals surface area contributed by atoms with Gasteiger partial charge in [0.2, 0.25) is 0 Å². The Bertz CT molecular complexity index is 749. The van der Waals surface area contributed by atoms with Crippen LogP contribution in [0.2, 0.25) is 5.02 Å². The molecule has 0 fully saturated rings. The smallest absolute Gasteiger partial charge is 0.263 e. The molecule has 0 aliphatic rings. The SMILES string of the molecule is N#C/C(=C/NCCc1ccc(Cl)cc1)C(=O)NCCc1ccccc1. The number of carbonyl (C=O) groups excluding carboxylic acids is 1. The number of nitrogens with zero attached hydrogens (tertiary/aromatic N) is 1. The number of benzene rings is 2. The Kier molecular flexibility index (Phi) is 7.55. The van der Waals surface area contributed by atoms with Crippen LogP contribution in [0.3, 0.4) is 0 Å². The summed E-state index contributed by atoms with van der Waals surface area (Å²) < 4.78 is 0. The van der Waals surface area contributed by atoms with Crippen LogP contribution < -0.4 is 10.6 Å². The van der Waals surface area contributed by atoms with Crippen LogP contribution in [0.5, 0.6) is 0 Å². The molecule has 0 aliphatic carbocycles. The van der Waals surface area contributed by atoms with Gasteiger partial charge in [-0.25, -0.2) is 0 Å². The zero-order valence-corrected chi connectivity index (χ0v) is 14.6. The molecule has 0 unspecified atom stereocenters. The van der Waals surface area contributed by atoms with E-state index < -0.39 is 0 Å². The van der Waals surface area contributed by atoms with Crippen molar-refractivity contribution in [3.63, 3.8) is 0 Å². The Morgan fingerprint density at radius 2 is 1.64 bits per heavy atom. The van der Waals surface area contributed by atoms with Crippen molar-refractivity contribution < 1.29 is 4.79 Å². The third kappa shape index (κ3) is 6.70. The average Bonchev–Trinajstić information content (AvgIpc) is 2.64. The zero-order chi connectivity index (χ0) is 17.9. The molecule has 0 saturated carbocycles. The molecular formula is C20H20ClN3O. The maximum Gasteiger partial charge on any atom is 0.263 e. The van der Waals surface area contributed by atoms with Gasteiger partial charge in [-0.2, -0.15) is 5.26 Å². The monoisotopic (exact) mass is 353 g/mol. The van der Waals surface area contributed by atoms with Crippen molar-refractivity contribution in [2.24, 2.45) is 0 Å². The molecule has 2 N–H and O–H groups in total. The molecule has 0 radical (unpaired) electrons. The number of hydrogen-bond donors (Lipinski definition) is 2. The third-order valence-electron chi connectivity index (χ3n) is 3.62. The van der Waals surface area contributed by atoms with E-state index in [4.69, 9.17) is 16.9 Å². The van der Waals surface area contributed by atoms with Crippen molar-refractivity contribution >= 4 is 17.5 Å². The molecule has 0 atom stereocenters. The lowest BCUT2D eigenvalue weighted by molar-refractivity contribution is -0.117. The van der Waals surface area contributed by atoms with Gasteiger partial charge in [0.1, 0.15) is 11.6 Å². The summed E-state index contributed by atoms with van der Waals surface area (Å²) in [7, 11) is 0. The van der Waals surface area contributed by atoms with Gasteiger partial charge in [-0.05, 0) is 36.1 Å². The van der Waals surface area contributed by atoms with Crippen LogP contribution in [0.1, 0.15) is 11.1 Å². The topological polar surface area (TPSA) is 64.9 Å². The van der Waals surface area contributed by atoms with E-state index in [-0.39, 0.29) is 11.5 Å². The third-order valence-corrected chi connectivity index (χ3v) is 3.88. The number of hydrogen-bond acceptors (Lipinski definition) is 3. The number of nitrogens with one attached hydrogen (secondary N) is 2. The Morgan fingerprint density at radius 1 is 1.00 bits per heavy atom. The highest BCUT2D eigenvalue weighted by Crippen LogP contribution is 2.09.